The molecule has 0 unspecified atom stereocenters. The largest absolute Gasteiger partial charge is 0.379 e. The summed E-state index contributed by atoms with van der Waals surface area (Å²) in [5.74, 6) is -0.272. The van der Waals surface area contributed by atoms with Gasteiger partial charge in [0.1, 0.15) is 0 Å². The standard InChI is InChI=1S/C24H31N3O4S/c1-19-7-8-22(32(29,30)27-11-13-31-14-12-27)16-23(19)24(28)25-17-20-5-4-6-21(15-20)18-26-9-2-3-10-26/h4-8,15-16H,2-3,9-14,17-18H2,1H3,(H,25,28). The van der Waals surface area contributed by atoms with Gasteiger partial charge >= 0.3 is 0 Å². The van der Waals surface area contributed by atoms with Gasteiger partial charge in [-0.05, 0) is 61.7 Å². The van der Waals surface area contributed by atoms with Gasteiger partial charge in [-0.3, -0.25) is 9.69 Å². The molecule has 2 aliphatic rings. The van der Waals surface area contributed by atoms with Gasteiger partial charge in [-0.2, -0.15) is 4.31 Å². The first kappa shape index (κ1) is 22.9. The fourth-order valence-electron chi connectivity index (χ4n) is 4.26. The number of sulfonamides is 1. The number of amides is 1. The molecule has 4 rings (SSSR count). The second-order valence-corrected chi connectivity index (χ2v) is 10.4. The lowest BCUT2D eigenvalue weighted by Crippen LogP contribution is -2.40. The van der Waals surface area contributed by atoms with Crippen molar-refractivity contribution in [3.8, 4) is 0 Å². The van der Waals surface area contributed by atoms with Crippen LogP contribution in [0.3, 0.4) is 0 Å². The van der Waals surface area contributed by atoms with E-state index in [1.54, 1.807) is 12.1 Å². The quantitative estimate of drug-likeness (QED) is 0.691. The van der Waals surface area contributed by atoms with Crippen molar-refractivity contribution in [1.82, 2.24) is 14.5 Å². The Morgan fingerprint density at radius 1 is 1.00 bits per heavy atom. The summed E-state index contributed by atoms with van der Waals surface area (Å²) in [4.78, 5) is 15.5. The van der Waals surface area contributed by atoms with Crippen molar-refractivity contribution in [2.45, 2.75) is 37.8 Å². The summed E-state index contributed by atoms with van der Waals surface area (Å²) in [6, 6.07) is 13.0. The number of benzene rings is 2. The van der Waals surface area contributed by atoms with Gasteiger partial charge in [-0.15, -0.1) is 0 Å². The van der Waals surface area contributed by atoms with Crippen LogP contribution in [0, 0.1) is 6.92 Å². The molecule has 1 amide bonds. The van der Waals surface area contributed by atoms with Crippen LogP contribution in [-0.2, 0) is 27.8 Å². The van der Waals surface area contributed by atoms with E-state index in [0.29, 0.717) is 38.4 Å². The summed E-state index contributed by atoms with van der Waals surface area (Å²) in [6.07, 6.45) is 2.52. The average Bonchev–Trinajstić information content (AvgIpc) is 3.31. The third-order valence-electron chi connectivity index (χ3n) is 6.11. The Kier molecular flexibility index (Phi) is 7.25. The molecular weight excluding hydrogens is 426 g/mol. The predicted octanol–water partition coefficient (Wildman–Crippen LogP) is 2.54. The minimum Gasteiger partial charge on any atom is -0.379 e. The highest BCUT2D eigenvalue weighted by Gasteiger charge is 2.27. The molecule has 2 aromatic carbocycles. The summed E-state index contributed by atoms with van der Waals surface area (Å²) in [7, 11) is -3.65. The normalized spacial score (nSPS) is 18.0. The first-order valence-corrected chi connectivity index (χ1v) is 12.6. The lowest BCUT2D eigenvalue weighted by Gasteiger charge is -2.26. The van der Waals surface area contributed by atoms with Crippen molar-refractivity contribution >= 4 is 15.9 Å². The van der Waals surface area contributed by atoms with Crippen LogP contribution in [0.1, 0.15) is 39.9 Å². The van der Waals surface area contributed by atoms with Gasteiger partial charge < -0.3 is 10.1 Å². The molecule has 0 spiro atoms. The molecule has 2 fully saturated rings. The van der Waals surface area contributed by atoms with E-state index in [4.69, 9.17) is 4.74 Å². The maximum atomic E-state index is 13.0. The van der Waals surface area contributed by atoms with Gasteiger partial charge in [0.25, 0.3) is 5.91 Å². The molecule has 32 heavy (non-hydrogen) atoms. The number of hydrogen-bond acceptors (Lipinski definition) is 5. The van der Waals surface area contributed by atoms with Crippen molar-refractivity contribution in [3.05, 3.63) is 64.7 Å². The van der Waals surface area contributed by atoms with Gasteiger partial charge in [0.05, 0.1) is 18.1 Å². The Hall–Kier alpha value is -2.26. The number of aryl methyl sites for hydroxylation is 1. The lowest BCUT2D eigenvalue weighted by atomic mass is 10.1. The summed E-state index contributed by atoms with van der Waals surface area (Å²) < 4.78 is 32.6. The van der Waals surface area contributed by atoms with E-state index in [1.807, 2.05) is 19.1 Å². The van der Waals surface area contributed by atoms with E-state index in [0.717, 1.165) is 30.8 Å². The number of ether oxygens (including phenoxy) is 1. The van der Waals surface area contributed by atoms with E-state index in [1.165, 1.54) is 28.8 Å². The molecule has 0 radical (unpaired) electrons. The Morgan fingerprint density at radius 3 is 2.47 bits per heavy atom. The number of carbonyl (C=O) groups excluding carboxylic acids is 1. The summed E-state index contributed by atoms with van der Waals surface area (Å²) in [5, 5.41) is 2.95. The molecule has 8 heteroatoms. The Balaban J connectivity index is 1.44. The number of rotatable bonds is 7. The lowest BCUT2D eigenvalue weighted by molar-refractivity contribution is 0.0730. The molecule has 0 bridgehead atoms. The minimum atomic E-state index is -3.65. The maximum Gasteiger partial charge on any atom is 0.251 e. The zero-order chi connectivity index (χ0) is 22.6. The Morgan fingerprint density at radius 2 is 1.72 bits per heavy atom. The summed E-state index contributed by atoms with van der Waals surface area (Å²) in [6.45, 7) is 6.85. The van der Waals surface area contributed by atoms with Crippen LogP contribution in [0.15, 0.2) is 47.4 Å². The SMILES string of the molecule is Cc1ccc(S(=O)(=O)N2CCOCC2)cc1C(=O)NCc1cccc(CN2CCCC2)c1. The van der Waals surface area contributed by atoms with Gasteiger partial charge in [0.2, 0.25) is 10.0 Å². The third kappa shape index (κ3) is 5.38. The molecule has 0 saturated carbocycles. The van der Waals surface area contributed by atoms with Gasteiger partial charge in [-0.1, -0.05) is 30.3 Å². The van der Waals surface area contributed by atoms with Crippen LogP contribution in [0.25, 0.3) is 0 Å². The second-order valence-electron chi connectivity index (χ2n) is 8.48. The summed E-state index contributed by atoms with van der Waals surface area (Å²) in [5.41, 5.74) is 3.40. The summed E-state index contributed by atoms with van der Waals surface area (Å²) >= 11 is 0. The van der Waals surface area contributed by atoms with Crippen LogP contribution in [0.2, 0.25) is 0 Å². The molecular formula is C24H31N3O4S. The fraction of sp³-hybridized carbons (Fsp3) is 0.458. The Bertz CT molecular complexity index is 1060. The fourth-order valence-corrected chi connectivity index (χ4v) is 5.69. The zero-order valence-corrected chi connectivity index (χ0v) is 19.4. The monoisotopic (exact) mass is 457 g/mol. The topological polar surface area (TPSA) is 78.9 Å². The first-order chi connectivity index (χ1) is 15.4. The molecule has 7 nitrogen and oxygen atoms in total. The van der Waals surface area contributed by atoms with Crippen molar-refractivity contribution in [1.29, 1.82) is 0 Å². The highest BCUT2D eigenvalue weighted by atomic mass is 32.2. The van der Waals surface area contributed by atoms with Gasteiger partial charge in [0.15, 0.2) is 0 Å². The predicted molar refractivity (Wildman–Crippen MR) is 123 cm³/mol. The van der Waals surface area contributed by atoms with Crippen LogP contribution in [0.4, 0.5) is 0 Å². The number of likely N-dealkylation sites (tertiary alicyclic amines) is 1. The molecule has 1 N–H and O–H groups in total. The number of nitrogens with zero attached hydrogens (tertiary/aromatic N) is 2. The van der Waals surface area contributed by atoms with Crippen LogP contribution >= 0.6 is 0 Å². The smallest absolute Gasteiger partial charge is 0.251 e. The van der Waals surface area contributed by atoms with Crippen LogP contribution < -0.4 is 5.32 Å². The molecule has 2 heterocycles. The molecule has 0 aliphatic carbocycles. The van der Waals surface area contributed by atoms with Crippen molar-refractivity contribution in [3.63, 3.8) is 0 Å². The van der Waals surface area contributed by atoms with E-state index in [2.05, 4.69) is 22.3 Å². The van der Waals surface area contributed by atoms with E-state index in [-0.39, 0.29) is 10.8 Å². The van der Waals surface area contributed by atoms with Crippen molar-refractivity contribution in [2.75, 3.05) is 39.4 Å². The maximum absolute atomic E-state index is 13.0. The number of morpholine rings is 1. The van der Waals surface area contributed by atoms with E-state index < -0.39 is 10.0 Å². The molecule has 2 aromatic rings. The molecule has 2 saturated heterocycles. The average molecular weight is 458 g/mol. The van der Waals surface area contributed by atoms with Gasteiger partial charge in [-0.25, -0.2) is 8.42 Å². The zero-order valence-electron chi connectivity index (χ0n) is 18.5. The molecule has 0 atom stereocenters. The second kappa shape index (κ2) is 10.1. The Labute approximate surface area is 190 Å². The highest BCUT2D eigenvalue weighted by molar-refractivity contribution is 7.89. The highest BCUT2D eigenvalue weighted by Crippen LogP contribution is 2.21. The van der Waals surface area contributed by atoms with Crippen LogP contribution in [-0.4, -0.2) is 62.9 Å². The first-order valence-electron chi connectivity index (χ1n) is 11.2. The molecule has 2 aliphatic heterocycles. The minimum absolute atomic E-state index is 0.141. The van der Waals surface area contributed by atoms with Gasteiger partial charge in [0, 0.05) is 31.7 Å². The van der Waals surface area contributed by atoms with Crippen LogP contribution in [0.5, 0.6) is 0 Å². The molecule has 0 aromatic heterocycles. The van der Waals surface area contributed by atoms with Crippen molar-refractivity contribution < 1.29 is 17.9 Å². The third-order valence-corrected chi connectivity index (χ3v) is 8.01. The molecule has 172 valence electrons. The number of nitrogens with one attached hydrogen (secondary N) is 1. The number of hydrogen-bond donors (Lipinski definition) is 1. The van der Waals surface area contributed by atoms with Crippen molar-refractivity contribution in [2.24, 2.45) is 0 Å². The van der Waals surface area contributed by atoms with E-state index in [9.17, 15) is 13.2 Å². The van der Waals surface area contributed by atoms with E-state index >= 15 is 0 Å². The number of carbonyl (C=O) groups is 1.